The van der Waals surface area contributed by atoms with Gasteiger partial charge in [0.1, 0.15) is 11.6 Å². The van der Waals surface area contributed by atoms with Crippen LogP contribution in [0.25, 0.3) is 43.1 Å². The van der Waals surface area contributed by atoms with Gasteiger partial charge < -0.3 is 0 Å². The summed E-state index contributed by atoms with van der Waals surface area (Å²) in [5, 5.41) is 2.15. The predicted molar refractivity (Wildman–Crippen MR) is 185 cm³/mol. The van der Waals surface area contributed by atoms with Gasteiger partial charge in [-0.3, -0.25) is 29.0 Å². The molecule has 2 heterocycles. The van der Waals surface area contributed by atoms with Crippen LogP contribution in [-0.4, -0.2) is 46.5 Å². The maximum absolute atomic E-state index is 16.5. The van der Waals surface area contributed by atoms with Crippen LogP contribution in [0, 0.1) is 23.5 Å². The van der Waals surface area contributed by atoms with Crippen molar-refractivity contribution in [2.45, 2.75) is 79.1 Å². The normalized spacial score (nSPS) is 16.0. The molecule has 0 saturated carbocycles. The number of fused-ring (bicyclic) bond motifs is 2. The lowest BCUT2D eigenvalue weighted by molar-refractivity contribution is 0.0565. The summed E-state index contributed by atoms with van der Waals surface area (Å²) in [7, 11) is 0. The molecular formula is C40H40F2N2O4. The number of carbonyl (C=O) groups is 4. The van der Waals surface area contributed by atoms with Crippen molar-refractivity contribution in [2.24, 2.45) is 11.8 Å². The largest absolute Gasteiger partial charge is 0.274 e. The summed E-state index contributed by atoms with van der Waals surface area (Å²) in [6.07, 6.45) is 7.33. The maximum Gasteiger partial charge on any atom is 0.261 e. The Kier molecular flexibility index (Phi) is 8.17. The zero-order valence-electron chi connectivity index (χ0n) is 28.0. The summed E-state index contributed by atoms with van der Waals surface area (Å²) in [6.45, 7) is 8.76. The van der Waals surface area contributed by atoms with Gasteiger partial charge in [0.25, 0.3) is 23.6 Å². The third-order valence-corrected chi connectivity index (χ3v) is 10.9. The Morgan fingerprint density at radius 1 is 0.521 bits per heavy atom. The van der Waals surface area contributed by atoms with Gasteiger partial charge >= 0.3 is 0 Å². The van der Waals surface area contributed by atoms with Gasteiger partial charge in [-0.25, -0.2) is 8.78 Å². The number of benzene rings is 5. The van der Waals surface area contributed by atoms with Gasteiger partial charge in [-0.2, -0.15) is 0 Å². The molecule has 0 fully saturated rings. The molecule has 248 valence electrons. The number of amides is 4. The van der Waals surface area contributed by atoms with Crippen LogP contribution < -0.4 is 0 Å². The fourth-order valence-corrected chi connectivity index (χ4v) is 8.15. The molecular weight excluding hydrogens is 610 g/mol. The van der Waals surface area contributed by atoms with Gasteiger partial charge in [0, 0.05) is 56.5 Å². The molecule has 0 aliphatic carbocycles. The third-order valence-electron chi connectivity index (χ3n) is 10.9. The van der Waals surface area contributed by atoms with E-state index >= 15 is 8.78 Å². The first-order valence-corrected chi connectivity index (χ1v) is 17.5. The fraction of sp³-hybridized carbons (Fsp3) is 0.400. The molecule has 4 amide bonds. The van der Waals surface area contributed by atoms with E-state index in [0.717, 1.165) is 51.4 Å². The summed E-state index contributed by atoms with van der Waals surface area (Å²) in [4.78, 5) is 58.1. The number of halogens is 2. The first-order chi connectivity index (χ1) is 23.2. The predicted octanol–water partition coefficient (Wildman–Crippen LogP) is 9.64. The molecule has 8 heteroatoms. The lowest BCUT2D eigenvalue weighted by atomic mass is 9.81. The summed E-state index contributed by atoms with van der Waals surface area (Å²) < 4.78 is 32.9. The van der Waals surface area contributed by atoms with E-state index in [1.165, 1.54) is 21.9 Å². The Bertz CT molecular complexity index is 2020. The van der Waals surface area contributed by atoms with E-state index in [9.17, 15) is 19.2 Å². The second-order valence-electron chi connectivity index (χ2n) is 13.7. The maximum atomic E-state index is 16.5. The van der Waals surface area contributed by atoms with Gasteiger partial charge in [-0.05, 0) is 59.7 Å². The van der Waals surface area contributed by atoms with Crippen molar-refractivity contribution in [3.05, 3.63) is 70.3 Å². The van der Waals surface area contributed by atoms with Crippen LogP contribution in [0.1, 0.15) is 120 Å². The minimum Gasteiger partial charge on any atom is -0.274 e. The van der Waals surface area contributed by atoms with Crippen LogP contribution in [0.3, 0.4) is 0 Å². The quantitative estimate of drug-likeness (QED) is 0.0766. The molecule has 0 spiro atoms. The Morgan fingerprint density at radius 2 is 0.896 bits per heavy atom. The van der Waals surface area contributed by atoms with Crippen molar-refractivity contribution >= 4 is 66.7 Å². The lowest BCUT2D eigenvalue weighted by Crippen LogP contribution is -2.43. The zero-order chi connectivity index (χ0) is 34.0. The van der Waals surface area contributed by atoms with E-state index in [2.05, 4.69) is 13.8 Å². The van der Waals surface area contributed by atoms with Crippen LogP contribution in [0.2, 0.25) is 0 Å². The summed E-state index contributed by atoms with van der Waals surface area (Å²) in [6, 6.07) is 8.79. The van der Waals surface area contributed by atoms with E-state index in [1.54, 1.807) is 24.3 Å². The van der Waals surface area contributed by atoms with Crippen molar-refractivity contribution in [3.63, 3.8) is 0 Å². The number of imide groups is 2. The monoisotopic (exact) mass is 650 g/mol. The van der Waals surface area contributed by atoms with E-state index < -0.39 is 35.3 Å². The van der Waals surface area contributed by atoms with Crippen LogP contribution in [-0.2, 0) is 0 Å². The molecule has 5 aromatic carbocycles. The number of rotatable bonds is 12. The van der Waals surface area contributed by atoms with Crippen LogP contribution >= 0.6 is 0 Å². The minimum atomic E-state index is -0.680. The van der Waals surface area contributed by atoms with Gasteiger partial charge in [0.2, 0.25) is 0 Å². The molecule has 0 bridgehead atoms. The second-order valence-corrected chi connectivity index (χ2v) is 13.7. The highest BCUT2D eigenvalue weighted by Gasteiger charge is 2.39. The Balaban J connectivity index is 1.44. The second kappa shape index (κ2) is 12.2. The molecule has 0 N–H and O–H groups in total. The van der Waals surface area contributed by atoms with Crippen LogP contribution in [0.4, 0.5) is 8.78 Å². The number of unbranched alkanes of at least 4 members (excludes halogenated alkanes) is 2. The van der Waals surface area contributed by atoms with E-state index in [4.69, 9.17) is 0 Å². The number of hydrogen-bond donors (Lipinski definition) is 0. The Hall–Kier alpha value is -4.46. The molecule has 48 heavy (non-hydrogen) atoms. The smallest absolute Gasteiger partial charge is 0.261 e. The van der Waals surface area contributed by atoms with E-state index in [0.29, 0.717) is 32.3 Å². The topological polar surface area (TPSA) is 74.8 Å². The highest BCUT2D eigenvalue weighted by Crippen LogP contribution is 2.48. The fourth-order valence-electron chi connectivity index (χ4n) is 8.15. The molecule has 6 nitrogen and oxygen atoms in total. The van der Waals surface area contributed by atoms with Gasteiger partial charge in [-0.1, -0.05) is 78.4 Å². The van der Waals surface area contributed by atoms with Crippen molar-refractivity contribution < 1.29 is 28.0 Å². The molecule has 7 rings (SSSR count). The Morgan fingerprint density at radius 3 is 1.25 bits per heavy atom. The number of hydrogen-bond acceptors (Lipinski definition) is 4. The molecule has 5 aromatic rings. The lowest BCUT2D eigenvalue weighted by Gasteiger charge is -2.32. The van der Waals surface area contributed by atoms with Gasteiger partial charge in [0.05, 0.1) is 11.1 Å². The number of nitrogens with zero attached hydrogens (tertiary/aromatic N) is 2. The molecule has 2 aliphatic rings. The number of carbonyl (C=O) groups excluding carboxylic acids is 4. The van der Waals surface area contributed by atoms with Crippen molar-refractivity contribution in [1.29, 1.82) is 0 Å². The van der Waals surface area contributed by atoms with Crippen molar-refractivity contribution in [1.82, 2.24) is 9.80 Å². The van der Waals surface area contributed by atoms with Gasteiger partial charge in [0.15, 0.2) is 0 Å². The zero-order valence-corrected chi connectivity index (χ0v) is 28.0. The average molecular weight is 651 g/mol. The highest BCUT2D eigenvalue weighted by atomic mass is 19.1. The van der Waals surface area contributed by atoms with Crippen LogP contribution in [0.15, 0.2) is 36.4 Å². The molecule has 0 saturated heterocycles. The van der Waals surface area contributed by atoms with Crippen LogP contribution in [0.5, 0.6) is 0 Å². The highest BCUT2D eigenvalue weighted by molar-refractivity contribution is 6.41. The summed E-state index contributed by atoms with van der Waals surface area (Å²) in [5.41, 5.74) is 0.715. The molecule has 2 unspecified atom stereocenters. The molecule has 0 radical (unpaired) electrons. The first kappa shape index (κ1) is 32.1. The molecule has 2 aliphatic heterocycles. The minimum absolute atomic E-state index is 0.0806. The molecule has 0 aromatic heterocycles. The Labute approximate surface area is 278 Å². The van der Waals surface area contributed by atoms with E-state index in [1.807, 2.05) is 13.8 Å². The SMILES string of the molecule is CCCCC(CC)CN1C(=O)c2ccc3c4c(F)cc5c6c(ccc(c7c(F)cc(c2c37)C1=O)c64)C(=O)N(CC(CC)CCCC)C5=O. The van der Waals surface area contributed by atoms with Crippen molar-refractivity contribution in [2.75, 3.05) is 13.1 Å². The molecule has 2 atom stereocenters. The van der Waals surface area contributed by atoms with E-state index in [-0.39, 0.29) is 58.0 Å². The first-order valence-electron chi connectivity index (χ1n) is 17.5. The van der Waals surface area contributed by atoms with Crippen molar-refractivity contribution in [3.8, 4) is 0 Å². The average Bonchev–Trinajstić information content (AvgIpc) is 3.09. The standard InChI is InChI=1S/C40H40F2N2O4/c1-5-9-11-21(7-3)19-43-37(45)25-15-13-23-34-30(42)18-28-32-26(38(46)44(40(28)48)20-22(8-4)12-10-6-2)16-14-24(36(32)34)33-29(41)17-27(39(43)47)31(25)35(23)33/h13-18,21-22H,5-12,19-20H2,1-4H3. The summed E-state index contributed by atoms with van der Waals surface area (Å²) in [5.74, 6) is -3.09. The summed E-state index contributed by atoms with van der Waals surface area (Å²) >= 11 is 0. The third kappa shape index (κ3) is 4.62. The van der Waals surface area contributed by atoms with Gasteiger partial charge in [-0.15, -0.1) is 0 Å².